The summed E-state index contributed by atoms with van der Waals surface area (Å²) in [5.41, 5.74) is 2.78. The van der Waals surface area contributed by atoms with Gasteiger partial charge < -0.3 is 0 Å². The standard InChI is InChI=1S/C9H10Br2/c1-2-7-4-3-5-9(11)8(7)6-10/h3-5H,2,6H2,1H3. The van der Waals surface area contributed by atoms with Crippen LogP contribution in [0.1, 0.15) is 18.1 Å². The quantitative estimate of drug-likeness (QED) is 0.719. The molecule has 0 spiro atoms. The molecule has 0 nitrogen and oxygen atoms in total. The molecule has 11 heavy (non-hydrogen) atoms. The van der Waals surface area contributed by atoms with E-state index in [0.29, 0.717) is 0 Å². The van der Waals surface area contributed by atoms with Gasteiger partial charge in [-0.3, -0.25) is 0 Å². The molecule has 0 bridgehead atoms. The van der Waals surface area contributed by atoms with Crippen LogP contribution in [0, 0.1) is 0 Å². The van der Waals surface area contributed by atoms with Crippen molar-refractivity contribution < 1.29 is 0 Å². The van der Waals surface area contributed by atoms with Gasteiger partial charge in [0.2, 0.25) is 0 Å². The molecule has 0 atom stereocenters. The number of alkyl halides is 1. The fourth-order valence-electron chi connectivity index (χ4n) is 1.08. The smallest absolute Gasteiger partial charge is 0.0296 e. The zero-order chi connectivity index (χ0) is 8.27. The molecule has 0 saturated heterocycles. The Balaban J connectivity index is 3.13. The van der Waals surface area contributed by atoms with Gasteiger partial charge in [-0.25, -0.2) is 0 Å². The van der Waals surface area contributed by atoms with Crippen LogP contribution in [0.5, 0.6) is 0 Å². The first-order valence-electron chi connectivity index (χ1n) is 3.61. The Bertz CT molecular complexity index is 243. The van der Waals surface area contributed by atoms with Crippen LogP contribution in [0.4, 0.5) is 0 Å². The first-order chi connectivity index (χ1) is 5.29. The number of hydrogen-bond acceptors (Lipinski definition) is 0. The molecule has 0 fully saturated rings. The van der Waals surface area contributed by atoms with E-state index in [1.807, 2.05) is 0 Å². The van der Waals surface area contributed by atoms with E-state index in [0.717, 1.165) is 11.8 Å². The maximum absolute atomic E-state index is 3.52. The van der Waals surface area contributed by atoms with Crippen LogP contribution in [-0.2, 0) is 11.8 Å². The predicted octanol–water partition coefficient (Wildman–Crippen LogP) is 3.91. The molecule has 0 saturated carbocycles. The van der Waals surface area contributed by atoms with E-state index in [1.165, 1.54) is 15.6 Å². The Morgan fingerprint density at radius 3 is 2.55 bits per heavy atom. The second-order valence-electron chi connectivity index (χ2n) is 2.36. The summed E-state index contributed by atoms with van der Waals surface area (Å²) >= 11 is 6.99. The monoisotopic (exact) mass is 276 g/mol. The summed E-state index contributed by atoms with van der Waals surface area (Å²) in [4.78, 5) is 0. The van der Waals surface area contributed by atoms with Crippen LogP contribution >= 0.6 is 31.9 Å². The van der Waals surface area contributed by atoms with E-state index in [-0.39, 0.29) is 0 Å². The number of rotatable bonds is 2. The van der Waals surface area contributed by atoms with Crippen molar-refractivity contribution in [2.75, 3.05) is 0 Å². The van der Waals surface area contributed by atoms with Crippen molar-refractivity contribution in [2.45, 2.75) is 18.7 Å². The number of aryl methyl sites for hydroxylation is 1. The van der Waals surface area contributed by atoms with E-state index in [1.54, 1.807) is 0 Å². The summed E-state index contributed by atoms with van der Waals surface area (Å²) < 4.78 is 1.20. The van der Waals surface area contributed by atoms with Crippen LogP contribution in [0.3, 0.4) is 0 Å². The zero-order valence-corrected chi connectivity index (χ0v) is 9.57. The highest BCUT2D eigenvalue weighted by Gasteiger charge is 2.01. The zero-order valence-electron chi connectivity index (χ0n) is 6.40. The molecule has 0 unspecified atom stereocenters. The van der Waals surface area contributed by atoms with E-state index >= 15 is 0 Å². The van der Waals surface area contributed by atoms with Crippen LogP contribution in [0.2, 0.25) is 0 Å². The third kappa shape index (κ3) is 2.06. The molecular formula is C9H10Br2. The minimum Gasteiger partial charge on any atom is -0.0876 e. The summed E-state index contributed by atoms with van der Waals surface area (Å²) in [7, 11) is 0. The van der Waals surface area contributed by atoms with Gasteiger partial charge in [-0.05, 0) is 23.6 Å². The van der Waals surface area contributed by atoms with E-state index in [9.17, 15) is 0 Å². The third-order valence-electron chi connectivity index (χ3n) is 1.73. The number of benzene rings is 1. The van der Waals surface area contributed by atoms with Crippen LogP contribution in [0.25, 0.3) is 0 Å². The van der Waals surface area contributed by atoms with Gasteiger partial charge in [-0.2, -0.15) is 0 Å². The highest BCUT2D eigenvalue weighted by molar-refractivity contribution is 9.10. The van der Waals surface area contributed by atoms with Gasteiger partial charge in [0.1, 0.15) is 0 Å². The maximum atomic E-state index is 3.52. The third-order valence-corrected chi connectivity index (χ3v) is 3.03. The summed E-state index contributed by atoms with van der Waals surface area (Å²) in [6, 6.07) is 6.33. The maximum Gasteiger partial charge on any atom is 0.0296 e. The van der Waals surface area contributed by atoms with E-state index < -0.39 is 0 Å². The number of halogens is 2. The average Bonchev–Trinajstić information content (AvgIpc) is 2.04. The average molecular weight is 278 g/mol. The van der Waals surface area contributed by atoms with Crippen molar-refractivity contribution in [1.29, 1.82) is 0 Å². The Morgan fingerprint density at radius 1 is 1.36 bits per heavy atom. The lowest BCUT2D eigenvalue weighted by Crippen LogP contribution is -1.89. The van der Waals surface area contributed by atoms with Gasteiger partial charge in [0.25, 0.3) is 0 Å². The molecule has 0 aromatic heterocycles. The van der Waals surface area contributed by atoms with Crippen LogP contribution in [0.15, 0.2) is 22.7 Å². The van der Waals surface area contributed by atoms with Crippen LogP contribution < -0.4 is 0 Å². The molecule has 0 heterocycles. The second-order valence-corrected chi connectivity index (χ2v) is 3.78. The minimum atomic E-state index is 0.928. The summed E-state index contributed by atoms with van der Waals surface area (Å²) in [5.74, 6) is 0. The topological polar surface area (TPSA) is 0 Å². The van der Waals surface area contributed by atoms with Crippen LogP contribution in [-0.4, -0.2) is 0 Å². The van der Waals surface area contributed by atoms with E-state index in [4.69, 9.17) is 0 Å². The van der Waals surface area contributed by atoms with Crippen molar-refractivity contribution in [1.82, 2.24) is 0 Å². The lowest BCUT2D eigenvalue weighted by Gasteiger charge is -2.05. The molecule has 60 valence electrons. The normalized spacial score (nSPS) is 10.1. The van der Waals surface area contributed by atoms with Gasteiger partial charge >= 0.3 is 0 Å². The van der Waals surface area contributed by atoms with E-state index in [2.05, 4.69) is 57.0 Å². The summed E-state index contributed by atoms with van der Waals surface area (Å²) in [6.07, 6.45) is 1.10. The number of hydrogen-bond donors (Lipinski definition) is 0. The largest absolute Gasteiger partial charge is 0.0876 e. The molecule has 0 aliphatic carbocycles. The molecule has 0 aliphatic rings. The van der Waals surface area contributed by atoms with Gasteiger partial charge in [-0.1, -0.05) is 50.9 Å². The van der Waals surface area contributed by atoms with Crippen molar-refractivity contribution in [3.63, 3.8) is 0 Å². The molecule has 1 aromatic carbocycles. The SMILES string of the molecule is CCc1cccc(Br)c1CBr. The van der Waals surface area contributed by atoms with Crippen molar-refractivity contribution in [3.8, 4) is 0 Å². The van der Waals surface area contributed by atoms with Crippen molar-refractivity contribution >= 4 is 31.9 Å². The Labute approximate surface area is 84.3 Å². The first kappa shape index (κ1) is 9.27. The van der Waals surface area contributed by atoms with Gasteiger partial charge in [0, 0.05) is 9.80 Å². The van der Waals surface area contributed by atoms with Gasteiger partial charge in [0.15, 0.2) is 0 Å². The Hall–Kier alpha value is 0.180. The second kappa shape index (κ2) is 4.27. The molecule has 0 aliphatic heterocycles. The van der Waals surface area contributed by atoms with Crippen molar-refractivity contribution in [2.24, 2.45) is 0 Å². The predicted molar refractivity (Wildman–Crippen MR) is 56.2 cm³/mol. The minimum absolute atomic E-state index is 0.928. The molecule has 1 rings (SSSR count). The Kier molecular flexibility index (Phi) is 3.60. The summed E-state index contributed by atoms with van der Waals surface area (Å²) in [6.45, 7) is 2.17. The highest BCUT2D eigenvalue weighted by Crippen LogP contribution is 2.23. The molecule has 0 radical (unpaired) electrons. The molecule has 2 heteroatoms. The lowest BCUT2D eigenvalue weighted by molar-refractivity contribution is 1.10. The van der Waals surface area contributed by atoms with Crippen molar-refractivity contribution in [3.05, 3.63) is 33.8 Å². The molecular weight excluding hydrogens is 268 g/mol. The fraction of sp³-hybridized carbons (Fsp3) is 0.333. The first-order valence-corrected chi connectivity index (χ1v) is 5.53. The van der Waals surface area contributed by atoms with Gasteiger partial charge in [-0.15, -0.1) is 0 Å². The molecule has 1 aromatic rings. The summed E-state index contributed by atoms with van der Waals surface area (Å²) in [5, 5.41) is 0.928. The fourth-order valence-corrected chi connectivity index (χ4v) is 2.67. The Morgan fingerprint density at radius 2 is 2.09 bits per heavy atom. The molecule has 0 amide bonds. The highest BCUT2D eigenvalue weighted by atomic mass is 79.9. The van der Waals surface area contributed by atoms with Gasteiger partial charge in [0.05, 0.1) is 0 Å². The molecule has 0 N–H and O–H groups in total. The lowest BCUT2D eigenvalue weighted by atomic mass is 10.1.